The van der Waals surface area contributed by atoms with Crippen LogP contribution in [0.1, 0.15) is 17.2 Å². The Balaban J connectivity index is 1.57. The minimum Gasteiger partial charge on any atom is -0.495 e. The lowest BCUT2D eigenvalue weighted by molar-refractivity contribution is 0.156. The average Bonchev–Trinajstić information content (AvgIpc) is 2.82. The Hall–Kier alpha value is -2.09. The zero-order valence-electron chi connectivity index (χ0n) is 17.6. The average molecular weight is 491 g/mol. The van der Waals surface area contributed by atoms with Gasteiger partial charge in [-0.05, 0) is 23.3 Å². The topological polar surface area (TPSA) is 49.9 Å². The molecule has 1 saturated heterocycles. The van der Waals surface area contributed by atoms with Crippen molar-refractivity contribution >= 4 is 33.2 Å². The molecule has 1 fully saturated rings. The summed E-state index contributed by atoms with van der Waals surface area (Å²) >= 11 is 12.5. The van der Waals surface area contributed by atoms with Crippen molar-refractivity contribution in [2.24, 2.45) is 0 Å². The van der Waals surface area contributed by atoms with Gasteiger partial charge in [-0.1, -0.05) is 83.9 Å². The highest BCUT2D eigenvalue weighted by Crippen LogP contribution is 2.38. The van der Waals surface area contributed by atoms with Gasteiger partial charge in [0.05, 0.1) is 18.2 Å². The molecule has 0 bridgehead atoms. The second-order valence-electron chi connectivity index (χ2n) is 7.56. The number of rotatable bonds is 6. The Morgan fingerprint density at radius 1 is 0.781 bits per heavy atom. The first-order valence-corrected chi connectivity index (χ1v) is 12.5. The summed E-state index contributed by atoms with van der Waals surface area (Å²) in [5.41, 5.74) is 2.36. The molecule has 4 rings (SSSR count). The second-order valence-corrected chi connectivity index (χ2v) is 10.2. The lowest BCUT2D eigenvalue weighted by Gasteiger charge is -2.39. The molecule has 0 N–H and O–H groups in total. The Morgan fingerprint density at radius 3 is 1.81 bits per heavy atom. The minimum atomic E-state index is -3.78. The summed E-state index contributed by atoms with van der Waals surface area (Å²) < 4.78 is 33.2. The van der Waals surface area contributed by atoms with Gasteiger partial charge in [-0.25, -0.2) is 8.42 Å². The van der Waals surface area contributed by atoms with E-state index >= 15 is 0 Å². The molecular formula is C24H24Cl2N2O3S. The zero-order chi connectivity index (χ0) is 22.7. The Bertz CT molecular complexity index is 1130. The number of ether oxygens (including phenoxy) is 1. The molecule has 32 heavy (non-hydrogen) atoms. The van der Waals surface area contributed by atoms with Gasteiger partial charge in [0.2, 0.25) is 10.0 Å². The molecule has 5 nitrogen and oxygen atoms in total. The van der Waals surface area contributed by atoms with Crippen molar-refractivity contribution in [3.63, 3.8) is 0 Å². The molecule has 3 aromatic carbocycles. The highest BCUT2D eigenvalue weighted by Gasteiger charge is 2.34. The van der Waals surface area contributed by atoms with Crippen molar-refractivity contribution in [3.05, 3.63) is 94.0 Å². The van der Waals surface area contributed by atoms with Gasteiger partial charge in [-0.15, -0.1) is 0 Å². The molecule has 1 heterocycles. The van der Waals surface area contributed by atoms with Crippen LogP contribution in [-0.2, 0) is 10.0 Å². The molecule has 0 spiro atoms. The van der Waals surface area contributed by atoms with Crippen LogP contribution < -0.4 is 4.74 Å². The summed E-state index contributed by atoms with van der Waals surface area (Å²) in [5.74, 6) is 0.342. The molecule has 1 aliphatic heterocycles. The van der Waals surface area contributed by atoms with Crippen molar-refractivity contribution in [2.75, 3.05) is 33.3 Å². The van der Waals surface area contributed by atoms with Gasteiger partial charge < -0.3 is 4.74 Å². The molecule has 0 unspecified atom stereocenters. The number of benzene rings is 3. The van der Waals surface area contributed by atoms with Crippen LogP contribution in [0.15, 0.2) is 77.7 Å². The predicted molar refractivity (Wildman–Crippen MR) is 128 cm³/mol. The molecule has 0 amide bonds. The summed E-state index contributed by atoms with van der Waals surface area (Å²) in [5, 5.41) is 0.0852. The van der Waals surface area contributed by atoms with Gasteiger partial charge in [0.1, 0.15) is 15.7 Å². The van der Waals surface area contributed by atoms with Crippen LogP contribution in [-0.4, -0.2) is 50.9 Å². The fraction of sp³-hybridized carbons (Fsp3) is 0.250. The monoisotopic (exact) mass is 490 g/mol. The smallest absolute Gasteiger partial charge is 0.244 e. The van der Waals surface area contributed by atoms with E-state index in [4.69, 9.17) is 27.9 Å². The van der Waals surface area contributed by atoms with Crippen LogP contribution in [0.25, 0.3) is 0 Å². The van der Waals surface area contributed by atoms with Crippen molar-refractivity contribution in [1.29, 1.82) is 0 Å². The third-order valence-corrected chi connectivity index (χ3v) is 8.64. The van der Waals surface area contributed by atoms with Crippen molar-refractivity contribution in [2.45, 2.75) is 10.9 Å². The quantitative estimate of drug-likeness (QED) is 0.482. The molecule has 0 radical (unpaired) electrons. The first-order valence-electron chi connectivity index (χ1n) is 10.3. The summed E-state index contributed by atoms with van der Waals surface area (Å²) in [6.07, 6.45) is 0. The van der Waals surface area contributed by atoms with Crippen molar-refractivity contribution in [3.8, 4) is 5.75 Å². The maximum atomic E-state index is 13.3. The van der Waals surface area contributed by atoms with E-state index in [0.29, 0.717) is 31.9 Å². The maximum absolute atomic E-state index is 13.3. The summed E-state index contributed by atoms with van der Waals surface area (Å²) in [4.78, 5) is 2.32. The summed E-state index contributed by atoms with van der Waals surface area (Å²) in [6, 6.07) is 23.6. The molecule has 0 aromatic heterocycles. The number of hydrogen-bond acceptors (Lipinski definition) is 4. The summed E-state index contributed by atoms with van der Waals surface area (Å²) in [7, 11) is -2.32. The third-order valence-electron chi connectivity index (χ3n) is 5.72. The van der Waals surface area contributed by atoms with Crippen LogP contribution in [0.5, 0.6) is 5.75 Å². The molecule has 3 aromatic rings. The van der Waals surface area contributed by atoms with Gasteiger partial charge in [-0.3, -0.25) is 4.90 Å². The molecule has 0 saturated carbocycles. The number of halogens is 2. The van der Waals surface area contributed by atoms with Crippen molar-refractivity contribution < 1.29 is 13.2 Å². The molecule has 168 valence electrons. The van der Waals surface area contributed by atoms with E-state index < -0.39 is 10.0 Å². The number of sulfonamides is 1. The highest BCUT2D eigenvalue weighted by atomic mass is 35.5. The van der Waals surface area contributed by atoms with E-state index in [-0.39, 0.29) is 21.0 Å². The second kappa shape index (κ2) is 9.81. The maximum Gasteiger partial charge on any atom is 0.244 e. The van der Waals surface area contributed by atoms with Crippen LogP contribution in [0.2, 0.25) is 10.0 Å². The fourth-order valence-corrected chi connectivity index (χ4v) is 6.33. The number of methoxy groups -OCH3 is 1. The Labute approximate surface area is 199 Å². The standard InChI is InChI=1S/C24H24Cl2N2O3S/c1-31-20-12-13-21(23(26)22(20)25)32(29,30)28-16-14-27(15-17-28)24(18-8-4-2-5-9-18)19-10-6-3-7-11-19/h2-13,24H,14-17H2,1H3. The van der Waals surface area contributed by atoms with E-state index in [2.05, 4.69) is 29.2 Å². The first-order chi connectivity index (χ1) is 15.4. The Morgan fingerprint density at radius 2 is 1.31 bits per heavy atom. The number of hydrogen-bond donors (Lipinski definition) is 0. The number of nitrogens with zero attached hydrogens (tertiary/aromatic N) is 2. The summed E-state index contributed by atoms with van der Waals surface area (Å²) in [6.45, 7) is 1.90. The van der Waals surface area contributed by atoms with E-state index in [1.807, 2.05) is 36.4 Å². The van der Waals surface area contributed by atoms with Crippen LogP contribution in [0.4, 0.5) is 0 Å². The zero-order valence-corrected chi connectivity index (χ0v) is 19.9. The molecule has 8 heteroatoms. The van der Waals surface area contributed by atoms with Gasteiger partial charge in [0.25, 0.3) is 0 Å². The fourth-order valence-electron chi connectivity index (χ4n) is 4.10. The minimum absolute atomic E-state index is 0.00101. The number of piperazine rings is 1. The van der Waals surface area contributed by atoms with Gasteiger partial charge >= 0.3 is 0 Å². The van der Waals surface area contributed by atoms with E-state index in [1.165, 1.54) is 34.7 Å². The van der Waals surface area contributed by atoms with Crippen LogP contribution in [0, 0.1) is 0 Å². The SMILES string of the molecule is COc1ccc(S(=O)(=O)N2CCN(C(c3ccccc3)c3ccccc3)CC2)c(Cl)c1Cl. The molecule has 0 atom stereocenters. The lowest BCUT2D eigenvalue weighted by Crippen LogP contribution is -2.49. The first kappa shape index (κ1) is 23.1. The largest absolute Gasteiger partial charge is 0.495 e. The normalized spacial score (nSPS) is 15.8. The van der Waals surface area contributed by atoms with Crippen LogP contribution >= 0.6 is 23.2 Å². The highest BCUT2D eigenvalue weighted by molar-refractivity contribution is 7.89. The predicted octanol–water partition coefficient (Wildman–Crippen LogP) is 5.10. The van der Waals surface area contributed by atoms with E-state index in [9.17, 15) is 8.42 Å². The van der Waals surface area contributed by atoms with Crippen molar-refractivity contribution in [1.82, 2.24) is 9.21 Å². The van der Waals surface area contributed by atoms with Gasteiger partial charge in [-0.2, -0.15) is 4.31 Å². The Kier molecular flexibility index (Phi) is 7.08. The lowest BCUT2D eigenvalue weighted by atomic mass is 9.96. The molecule has 1 aliphatic rings. The third kappa shape index (κ3) is 4.51. The molecule has 0 aliphatic carbocycles. The van der Waals surface area contributed by atoms with Gasteiger partial charge in [0, 0.05) is 26.2 Å². The molecular weight excluding hydrogens is 467 g/mol. The van der Waals surface area contributed by atoms with Gasteiger partial charge in [0.15, 0.2) is 0 Å². The van der Waals surface area contributed by atoms with Crippen LogP contribution in [0.3, 0.4) is 0 Å². The van der Waals surface area contributed by atoms with E-state index in [1.54, 1.807) is 0 Å². The van der Waals surface area contributed by atoms with E-state index in [0.717, 1.165) is 0 Å².